The molecule has 2 aliphatic carbocycles. The lowest BCUT2D eigenvalue weighted by Crippen LogP contribution is -2.40. The Kier molecular flexibility index (Phi) is 7.06. The first-order valence-electron chi connectivity index (χ1n) is 10.5. The summed E-state index contributed by atoms with van der Waals surface area (Å²) in [5, 5.41) is 6.01. The second-order valence-corrected chi connectivity index (χ2v) is 8.22. The fourth-order valence-corrected chi connectivity index (χ4v) is 4.48. The zero-order valence-electron chi connectivity index (χ0n) is 16.4. The third kappa shape index (κ3) is 5.57. The molecule has 0 radical (unpaired) electrons. The van der Waals surface area contributed by atoms with Crippen molar-refractivity contribution in [1.82, 2.24) is 5.32 Å². The van der Waals surface area contributed by atoms with Crippen molar-refractivity contribution in [1.29, 1.82) is 0 Å². The molecule has 0 unspecified atom stereocenters. The fourth-order valence-electron chi connectivity index (χ4n) is 4.48. The molecular weight excluding hydrogens is 354 g/mol. The van der Waals surface area contributed by atoms with Crippen molar-refractivity contribution in [2.45, 2.75) is 70.3 Å². The molecule has 2 saturated carbocycles. The van der Waals surface area contributed by atoms with Crippen molar-refractivity contribution in [3.63, 3.8) is 0 Å². The maximum atomic E-state index is 12.6. The molecule has 2 fully saturated rings. The number of primary amides is 1. The summed E-state index contributed by atoms with van der Waals surface area (Å²) in [7, 11) is 0. The van der Waals surface area contributed by atoms with Gasteiger partial charge in [-0.3, -0.25) is 14.4 Å². The third-order valence-electron chi connectivity index (χ3n) is 6.11. The van der Waals surface area contributed by atoms with E-state index >= 15 is 0 Å². The first-order chi connectivity index (χ1) is 13.5. The molecule has 0 atom stereocenters. The molecular formula is C22H31N3O3. The molecule has 0 saturated heterocycles. The number of benzene rings is 1. The van der Waals surface area contributed by atoms with Gasteiger partial charge in [0.2, 0.25) is 11.8 Å². The van der Waals surface area contributed by atoms with Gasteiger partial charge in [0.15, 0.2) is 0 Å². The summed E-state index contributed by atoms with van der Waals surface area (Å²) in [5.41, 5.74) is 6.15. The van der Waals surface area contributed by atoms with Gasteiger partial charge >= 0.3 is 0 Å². The Hall–Kier alpha value is -2.37. The van der Waals surface area contributed by atoms with Gasteiger partial charge in [0.25, 0.3) is 5.91 Å². The van der Waals surface area contributed by atoms with Crippen LogP contribution in [0.3, 0.4) is 0 Å². The van der Waals surface area contributed by atoms with Crippen LogP contribution < -0.4 is 16.4 Å². The van der Waals surface area contributed by atoms with E-state index in [1.165, 1.54) is 32.1 Å². The average Bonchev–Trinajstić information content (AvgIpc) is 2.69. The van der Waals surface area contributed by atoms with Crippen molar-refractivity contribution in [2.75, 3.05) is 5.32 Å². The van der Waals surface area contributed by atoms with Gasteiger partial charge < -0.3 is 16.4 Å². The molecule has 0 spiro atoms. The van der Waals surface area contributed by atoms with Crippen molar-refractivity contribution < 1.29 is 14.4 Å². The van der Waals surface area contributed by atoms with Crippen LogP contribution >= 0.6 is 0 Å². The summed E-state index contributed by atoms with van der Waals surface area (Å²) < 4.78 is 0. The Morgan fingerprint density at radius 3 is 2.29 bits per heavy atom. The highest BCUT2D eigenvalue weighted by Gasteiger charge is 2.28. The summed E-state index contributed by atoms with van der Waals surface area (Å²) >= 11 is 0. The summed E-state index contributed by atoms with van der Waals surface area (Å²) in [6.45, 7) is 0. The molecule has 6 nitrogen and oxygen atoms in total. The number of nitrogens with two attached hydrogens (primary N) is 1. The number of rotatable bonds is 6. The summed E-state index contributed by atoms with van der Waals surface area (Å²) in [6, 6.07) is 6.95. The van der Waals surface area contributed by atoms with Crippen molar-refractivity contribution in [2.24, 2.45) is 17.6 Å². The summed E-state index contributed by atoms with van der Waals surface area (Å²) in [6.07, 6.45) is 9.88. The second kappa shape index (κ2) is 9.71. The molecule has 6 heteroatoms. The number of nitrogens with one attached hydrogen (secondary N) is 2. The molecule has 152 valence electrons. The van der Waals surface area contributed by atoms with Gasteiger partial charge in [-0.05, 0) is 56.6 Å². The highest BCUT2D eigenvalue weighted by atomic mass is 16.2. The molecule has 4 N–H and O–H groups in total. The Balaban J connectivity index is 1.44. The van der Waals surface area contributed by atoms with E-state index in [-0.39, 0.29) is 23.8 Å². The lowest BCUT2D eigenvalue weighted by atomic mass is 9.84. The van der Waals surface area contributed by atoms with Crippen LogP contribution in [0.2, 0.25) is 0 Å². The second-order valence-electron chi connectivity index (χ2n) is 8.22. The highest BCUT2D eigenvalue weighted by molar-refractivity contribution is 6.03. The van der Waals surface area contributed by atoms with E-state index < -0.39 is 5.91 Å². The summed E-state index contributed by atoms with van der Waals surface area (Å²) in [5.74, 6) is -0.0372. The number of anilines is 1. The van der Waals surface area contributed by atoms with E-state index in [2.05, 4.69) is 10.6 Å². The first kappa shape index (κ1) is 20.4. The molecule has 0 aliphatic heterocycles. The van der Waals surface area contributed by atoms with Crippen molar-refractivity contribution in [3.05, 3.63) is 29.8 Å². The number of carbonyl (C=O) groups is 3. The standard InChI is InChI=1S/C22H31N3O3/c23-21(27)18-8-4-5-9-19(18)25-22(28)16-10-12-17(13-11-16)24-20(26)14-15-6-2-1-3-7-15/h4-5,8-9,15-17H,1-3,6-7,10-14H2,(H2,23,27)(H,24,26)(H,25,28). The van der Waals surface area contributed by atoms with E-state index in [4.69, 9.17) is 5.73 Å². The van der Waals surface area contributed by atoms with Gasteiger partial charge in [-0.15, -0.1) is 0 Å². The fraction of sp³-hybridized carbons (Fsp3) is 0.591. The Bertz CT molecular complexity index is 705. The van der Waals surface area contributed by atoms with Crippen LogP contribution in [0.15, 0.2) is 24.3 Å². The normalized spacial score (nSPS) is 23.0. The highest BCUT2D eigenvalue weighted by Crippen LogP contribution is 2.28. The van der Waals surface area contributed by atoms with Crippen molar-refractivity contribution >= 4 is 23.4 Å². The predicted molar refractivity (Wildman–Crippen MR) is 109 cm³/mol. The number of para-hydroxylation sites is 1. The minimum atomic E-state index is -0.555. The minimum absolute atomic E-state index is 0.0827. The Morgan fingerprint density at radius 2 is 1.61 bits per heavy atom. The predicted octanol–water partition coefficient (Wildman–Crippen LogP) is 3.37. The monoisotopic (exact) mass is 385 g/mol. The largest absolute Gasteiger partial charge is 0.366 e. The molecule has 1 aromatic rings. The molecule has 0 bridgehead atoms. The van der Waals surface area contributed by atoms with Crippen LogP contribution in [0, 0.1) is 11.8 Å². The maximum Gasteiger partial charge on any atom is 0.250 e. The number of hydrogen-bond acceptors (Lipinski definition) is 3. The van der Waals surface area contributed by atoms with Gasteiger partial charge in [0, 0.05) is 18.4 Å². The van der Waals surface area contributed by atoms with Crippen LogP contribution in [0.25, 0.3) is 0 Å². The molecule has 1 aromatic carbocycles. The Labute approximate surface area is 166 Å². The number of carbonyl (C=O) groups excluding carboxylic acids is 3. The average molecular weight is 386 g/mol. The van der Waals surface area contributed by atoms with E-state index in [0.717, 1.165) is 25.7 Å². The molecule has 28 heavy (non-hydrogen) atoms. The Morgan fingerprint density at radius 1 is 0.929 bits per heavy atom. The van der Waals surface area contributed by atoms with Crippen LogP contribution in [0.4, 0.5) is 5.69 Å². The smallest absolute Gasteiger partial charge is 0.250 e. The quantitative estimate of drug-likeness (QED) is 0.700. The van der Waals surface area contributed by atoms with Gasteiger partial charge in [0.05, 0.1) is 11.3 Å². The van der Waals surface area contributed by atoms with Crippen molar-refractivity contribution in [3.8, 4) is 0 Å². The van der Waals surface area contributed by atoms with E-state index in [0.29, 0.717) is 23.6 Å². The lowest BCUT2D eigenvalue weighted by Gasteiger charge is -2.29. The molecule has 3 amide bonds. The molecule has 2 aliphatic rings. The zero-order chi connectivity index (χ0) is 19.9. The third-order valence-corrected chi connectivity index (χ3v) is 6.11. The maximum absolute atomic E-state index is 12.6. The first-order valence-corrected chi connectivity index (χ1v) is 10.5. The number of amides is 3. The number of hydrogen-bond donors (Lipinski definition) is 3. The van der Waals surface area contributed by atoms with Gasteiger partial charge in [-0.1, -0.05) is 31.4 Å². The van der Waals surface area contributed by atoms with Gasteiger partial charge in [-0.2, -0.15) is 0 Å². The van der Waals surface area contributed by atoms with Crippen LogP contribution in [-0.2, 0) is 9.59 Å². The van der Waals surface area contributed by atoms with Crippen LogP contribution in [-0.4, -0.2) is 23.8 Å². The van der Waals surface area contributed by atoms with Crippen LogP contribution in [0.5, 0.6) is 0 Å². The molecule has 0 aromatic heterocycles. The van der Waals surface area contributed by atoms with E-state index in [1.54, 1.807) is 24.3 Å². The zero-order valence-corrected chi connectivity index (χ0v) is 16.4. The van der Waals surface area contributed by atoms with Gasteiger partial charge in [0.1, 0.15) is 0 Å². The molecule has 3 rings (SSSR count). The van der Waals surface area contributed by atoms with E-state index in [1.807, 2.05) is 0 Å². The lowest BCUT2D eigenvalue weighted by molar-refractivity contribution is -0.123. The summed E-state index contributed by atoms with van der Waals surface area (Å²) in [4.78, 5) is 36.4. The molecule has 0 heterocycles. The topological polar surface area (TPSA) is 101 Å². The minimum Gasteiger partial charge on any atom is -0.366 e. The SMILES string of the molecule is NC(=O)c1ccccc1NC(=O)C1CCC(NC(=O)CC2CCCCC2)CC1. The van der Waals surface area contributed by atoms with E-state index in [9.17, 15) is 14.4 Å². The van der Waals surface area contributed by atoms with Gasteiger partial charge in [-0.25, -0.2) is 0 Å². The van der Waals surface area contributed by atoms with Crippen LogP contribution in [0.1, 0.15) is 74.6 Å².